The van der Waals surface area contributed by atoms with Gasteiger partial charge >= 0.3 is 0 Å². The van der Waals surface area contributed by atoms with Crippen LogP contribution < -0.4 is 0 Å². The van der Waals surface area contributed by atoms with E-state index in [0.717, 1.165) is 5.56 Å². The van der Waals surface area contributed by atoms with Gasteiger partial charge in [0.2, 0.25) is 5.16 Å². The van der Waals surface area contributed by atoms with Gasteiger partial charge < -0.3 is 0 Å². The SMILES string of the molecule is O=[N+]([O-])c1ccc(CSc2nnnn2-c2ccccc2F)cc1. The monoisotopic (exact) mass is 331 g/mol. The molecule has 116 valence electrons. The standard InChI is InChI=1S/C14H10FN5O2S/c15-12-3-1-2-4-13(12)19-14(16-17-18-19)23-9-10-5-7-11(8-6-10)20(21)22/h1-8H,9H2. The lowest BCUT2D eigenvalue weighted by atomic mass is 10.2. The molecule has 7 nitrogen and oxygen atoms in total. The third kappa shape index (κ3) is 3.34. The van der Waals surface area contributed by atoms with E-state index in [2.05, 4.69) is 15.5 Å². The van der Waals surface area contributed by atoms with Crippen LogP contribution in [0.2, 0.25) is 0 Å². The summed E-state index contributed by atoms with van der Waals surface area (Å²) in [6.45, 7) is 0. The predicted octanol–water partition coefficient (Wildman–Crippen LogP) is 3.00. The van der Waals surface area contributed by atoms with Gasteiger partial charge in [0.1, 0.15) is 11.5 Å². The number of aromatic nitrogens is 4. The van der Waals surface area contributed by atoms with E-state index in [0.29, 0.717) is 10.9 Å². The molecule has 0 aliphatic carbocycles. The van der Waals surface area contributed by atoms with Crippen molar-refractivity contribution in [2.75, 3.05) is 0 Å². The molecule has 23 heavy (non-hydrogen) atoms. The molecule has 0 saturated carbocycles. The van der Waals surface area contributed by atoms with Crippen molar-refractivity contribution in [3.63, 3.8) is 0 Å². The van der Waals surface area contributed by atoms with Crippen LogP contribution in [0.4, 0.5) is 10.1 Å². The van der Waals surface area contributed by atoms with Crippen molar-refractivity contribution in [1.82, 2.24) is 20.2 Å². The van der Waals surface area contributed by atoms with Gasteiger partial charge in [-0.2, -0.15) is 4.68 Å². The van der Waals surface area contributed by atoms with Crippen molar-refractivity contribution in [3.8, 4) is 5.69 Å². The molecule has 0 atom stereocenters. The van der Waals surface area contributed by atoms with Gasteiger partial charge in [-0.25, -0.2) is 4.39 Å². The van der Waals surface area contributed by atoms with E-state index in [4.69, 9.17) is 0 Å². The van der Waals surface area contributed by atoms with E-state index in [-0.39, 0.29) is 11.4 Å². The minimum Gasteiger partial charge on any atom is -0.258 e. The Labute approximate surface area is 134 Å². The van der Waals surface area contributed by atoms with Crippen LogP contribution in [0, 0.1) is 15.9 Å². The first-order chi connectivity index (χ1) is 11.1. The first-order valence-electron chi connectivity index (χ1n) is 6.54. The molecule has 0 unspecified atom stereocenters. The number of nitrogens with zero attached hydrogens (tertiary/aromatic N) is 5. The highest BCUT2D eigenvalue weighted by Gasteiger charge is 2.13. The number of hydrogen-bond donors (Lipinski definition) is 0. The maximum Gasteiger partial charge on any atom is 0.269 e. The van der Waals surface area contributed by atoms with Gasteiger partial charge in [0.05, 0.1) is 4.92 Å². The molecule has 3 rings (SSSR count). The summed E-state index contributed by atoms with van der Waals surface area (Å²) in [5.41, 5.74) is 1.18. The van der Waals surface area contributed by atoms with Gasteiger partial charge in [-0.05, 0) is 28.1 Å². The number of benzene rings is 2. The van der Waals surface area contributed by atoms with Crippen LogP contribution in [-0.2, 0) is 5.75 Å². The van der Waals surface area contributed by atoms with E-state index in [9.17, 15) is 14.5 Å². The molecule has 0 N–H and O–H groups in total. The summed E-state index contributed by atoms with van der Waals surface area (Å²) in [5.74, 6) is 0.0873. The fourth-order valence-electron chi connectivity index (χ4n) is 1.91. The average molecular weight is 331 g/mol. The van der Waals surface area contributed by atoms with Crippen molar-refractivity contribution in [3.05, 3.63) is 70.0 Å². The summed E-state index contributed by atoms with van der Waals surface area (Å²) < 4.78 is 15.2. The van der Waals surface area contributed by atoms with E-state index < -0.39 is 10.7 Å². The van der Waals surface area contributed by atoms with Crippen molar-refractivity contribution < 1.29 is 9.31 Å². The number of tetrazole rings is 1. The van der Waals surface area contributed by atoms with Gasteiger partial charge in [0.25, 0.3) is 5.69 Å². The number of halogens is 1. The lowest BCUT2D eigenvalue weighted by Gasteiger charge is -2.05. The molecule has 3 aromatic rings. The van der Waals surface area contributed by atoms with E-state index in [1.807, 2.05) is 0 Å². The molecular formula is C14H10FN5O2S. The molecule has 0 bridgehead atoms. The second-order valence-electron chi connectivity index (χ2n) is 4.54. The van der Waals surface area contributed by atoms with Gasteiger partial charge in [0.15, 0.2) is 0 Å². The highest BCUT2D eigenvalue weighted by atomic mass is 32.2. The number of rotatable bonds is 5. The van der Waals surface area contributed by atoms with Crippen LogP contribution in [0.1, 0.15) is 5.56 Å². The maximum atomic E-state index is 13.8. The average Bonchev–Trinajstić information content (AvgIpc) is 3.02. The summed E-state index contributed by atoms with van der Waals surface area (Å²) >= 11 is 1.31. The Balaban J connectivity index is 1.76. The normalized spacial score (nSPS) is 10.7. The van der Waals surface area contributed by atoms with Gasteiger partial charge in [-0.15, -0.1) is 5.10 Å². The number of non-ortho nitro benzene ring substituents is 1. The maximum absolute atomic E-state index is 13.8. The summed E-state index contributed by atoms with van der Waals surface area (Å²) in [6, 6.07) is 12.4. The zero-order valence-corrected chi connectivity index (χ0v) is 12.5. The quantitative estimate of drug-likeness (QED) is 0.406. The van der Waals surface area contributed by atoms with Crippen LogP contribution in [0.15, 0.2) is 53.7 Å². The highest BCUT2D eigenvalue weighted by Crippen LogP contribution is 2.24. The van der Waals surface area contributed by atoms with E-state index in [1.54, 1.807) is 30.3 Å². The molecule has 0 amide bonds. The van der Waals surface area contributed by atoms with Crippen LogP contribution >= 0.6 is 11.8 Å². The molecule has 0 saturated heterocycles. The molecule has 2 aromatic carbocycles. The third-order valence-corrected chi connectivity index (χ3v) is 4.03. The van der Waals surface area contributed by atoms with Crippen molar-refractivity contribution in [2.45, 2.75) is 10.9 Å². The number of nitro groups is 1. The Morgan fingerprint density at radius 1 is 1.17 bits per heavy atom. The van der Waals surface area contributed by atoms with Gasteiger partial charge in [0, 0.05) is 17.9 Å². The van der Waals surface area contributed by atoms with Crippen LogP contribution in [0.25, 0.3) is 5.69 Å². The summed E-state index contributed by atoms with van der Waals surface area (Å²) in [4.78, 5) is 10.2. The minimum absolute atomic E-state index is 0.0370. The largest absolute Gasteiger partial charge is 0.269 e. The molecule has 0 aliphatic heterocycles. The summed E-state index contributed by atoms with van der Waals surface area (Å²) in [5, 5.41) is 22.3. The van der Waals surface area contributed by atoms with Crippen molar-refractivity contribution in [1.29, 1.82) is 0 Å². The second-order valence-corrected chi connectivity index (χ2v) is 5.48. The number of thioether (sulfide) groups is 1. The molecule has 1 aromatic heterocycles. The summed E-state index contributed by atoms with van der Waals surface area (Å²) in [6.07, 6.45) is 0. The predicted molar refractivity (Wildman–Crippen MR) is 81.8 cm³/mol. The Bertz CT molecular complexity index is 837. The Morgan fingerprint density at radius 3 is 2.61 bits per heavy atom. The topological polar surface area (TPSA) is 86.7 Å². The Kier molecular flexibility index (Phi) is 4.29. The van der Waals surface area contributed by atoms with Crippen LogP contribution in [0.3, 0.4) is 0 Å². The van der Waals surface area contributed by atoms with Crippen molar-refractivity contribution in [2.24, 2.45) is 0 Å². The minimum atomic E-state index is -0.449. The summed E-state index contributed by atoms with van der Waals surface area (Å²) in [7, 11) is 0. The fourth-order valence-corrected chi connectivity index (χ4v) is 2.74. The Hall–Kier alpha value is -2.81. The van der Waals surface area contributed by atoms with Gasteiger partial charge in [-0.3, -0.25) is 10.1 Å². The molecular weight excluding hydrogens is 321 g/mol. The first kappa shape index (κ1) is 15.1. The molecule has 0 radical (unpaired) electrons. The molecule has 0 spiro atoms. The smallest absolute Gasteiger partial charge is 0.258 e. The van der Waals surface area contributed by atoms with Crippen LogP contribution in [-0.4, -0.2) is 25.1 Å². The fraction of sp³-hybridized carbons (Fsp3) is 0.0714. The molecule has 0 fully saturated rings. The Morgan fingerprint density at radius 2 is 1.91 bits per heavy atom. The lowest BCUT2D eigenvalue weighted by Crippen LogP contribution is -2.01. The second kappa shape index (κ2) is 6.53. The molecule has 0 aliphatic rings. The molecule has 9 heteroatoms. The van der Waals surface area contributed by atoms with E-state index in [1.165, 1.54) is 34.6 Å². The molecule has 1 heterocycles. The zero-order valence-electron chi connectivity index (χ0n) is 11.7. The number of hydrogen-bond acceptors (Lipinski definition) is 6. The zero-order chi connectivity index (χ0) is 16.2. The van der Waals surface area contributed by atoms with Crippen molar-refractivity contribution >= 4 is 17.4 Å². The third-order valence-electron chi connectivity index (χ3n) is 3.04. The first-order valence-corrected chi connectivity index (χ1v) is 7.53. The lowest BCUT2D eigenvalue weighted by molar-refractivity contribution is -0.384. The van der Waals surface area contributed by atoms with E-state index >= 15 is 0 Å². The number of para-hydroxylation sites is 1. The highest BCUT2D eigenvalue weighted by molar-refractivity contribution is 7.98. The number of nitro benzene ring substituents is 1. The van der Waals surface area contributed by atoms with Gasteiger partial charge in [-0.1, -0.05) is 36.0 Å². The van der Waals surface area contributed by atoms with Crippen LogP contribution in [0.5, 0.6) is 0 Å².